The highest BCUT2D eigenvalue weighted by atomic mass is 15.3. The van der Waals surface area contributed by atoms with Crippen molar-refractivity contribution >= 4 is 0 Å². The standard InChI is InChI=1S/C19H30N4/c1-6-9-23-16(5)17(15(4)20-23)13-22-12-11-21-10-7-8-18(21)19(22)14(2)3/h7-8,10,14,19H,6,9,11-13H2,1-5H3/t19-/m1/s1. The second-order valence-electron chi connectivity index (χ2n) is 7.16. The molecule has 0 radical (unpaired) electrons. The molecular weight excluding hydrogens is 284 g/mol. The minimum absolute atomic E-state index is 0.493. The van der Waals surface area contributed by atoms with E-state index in [9.17, 15) is 0 Å². The van der Waals surface area contributed by atoms with Crippen molar-refractivity contribution in [2.24, 2.45) is 5.92 Å². The predicted molar refractivity (Wildman–Crippen MR) is 94.4 cm³/mol. The van der Waals surface area contributed by atoms with Crippen LogP contribution in [-0.4, -0.2) is 25.8 Å². The zero-order valence-electron chi connectivity index (χ0n) is 15.2. The fourth-order valence-electron chi connectivity index (χ4n) is 4.00. The molecule has 1 atom stereocenters. The van der Waals surface area contributed by atoms with E-state index in [-0.39, 0.29) is 0 Å². The normalized spacial score (nSPS) is 18.6. The van der Waals surface area contributed by atoms with Gasteiger partial charge in [0.2, 0.25) is 0 Å². The molecule has 0 bridgehead atoms. The second-order valence-corrected chi connectivity index (χ2v) is 7.16. The van der Waals surface area contributed by atoms with Crippen molar-refractivity contribution in [3.8, 4) is 0 Å². The maximum absolute atomic E-state index is 4.75. The molecule has 0 spiro atoms. The number of aryl methyl sites for hydroxylation is 2. The Balaban J connectivity index is 1.88. The Morgan fingerprint density at radius 3 is 2.74 bits per heavy atom. The Bertz CT molecular complexity index is 665. The zero-order valence-corrected chi connectivity index (χ0v) is 15.2. The van der Waals surface area contributed by atoms with E-state index < -0.39 is 0 Å². The Hall–Kier alpha value is -1.55. The van der Waals surface area contributed by atoms with Gasteiger partial charge >= 0.3 is 0 Å². The van der Waals surface area contributed by atoms with Crippen LogP contribution < -0.4 is 0 Å². The topological polar surface area (TPSA) is 26.0 Å². The molecule has 0 unspecified atom stereocenters. The lowest BCUT2D eigenvalue weighted by molar-refractivity contribution is 0.111. The predicted octanol–water partition coefficient (Wildman–Crippen LogP) is 3.92. The summed E-state index contributed by atoms with van der Waals surface area (Å²) < 4.78 is 4.60. The maximum Gasteiger partial charge on any atom is 0.0641 e. The van der Waals surface area contributed by atoms with Crippen molar-refractivity contribution in [1.29, 1.82) is 0 Å². The molecule has 2 aromatic rings. The van der Waals surface area contributed by atoms with Crippen molar-refractivity contribution in [3.63, 3.8) is 0 Å². The van der Waals surface area contributed by atoms with Crippen LogP contribution in [0.15, 0.2) is 18.3 Å². The third-order valence-electron chi connectivity index (χ3n) is 5.15. The molecule has 4 heteroatoms. The highest BCUT2D eigenvalue weighted by Crippen LogP contribution is 2.34. The lowest BCUT2D eigenvalue weighted by Crippen LogP contribution is -2.39. The van der Waals surface area contributed by atoms with Gasteiger partial charge in [-0.3, -0.25) is 9.58 Å². The molecule has 126 valence electrons. The zero-order chi connectivity index (χ0) is 16.6. The van der Waals surface area contributed by atoms with Gasteiger partial charge in [-0.15, -0.1) is 0 Å². The van der Waals surface area contributed by atoms with Crippen LogP contribution in [0.1, 0.15) is 55.9 Å². The molecule has 23 heavy (non-hydrogen) atoms. The first-order chi connectivity index (χ1) is 11.0. The van der Waals surface area contributed by atoms with Crippen LogP contribution in [0.2, 0.25) is 0 Å². The first kappa shape index (κ1) is 16.3. The van der Waals surface area contributed by atoms with E-state index in [0.29, 0.717) is 12.0 Å². The number of aromatic nitrogens is 3. The SMILES string of the molecule is CCCn1nc(C)c(CN2CCn3cccc3[C@H]2C(C)C)c1C. The molecule has 1 aliphatic heterocycles. The van der Waals surface area contributed by atoms with Crippen molar-refractivity contribution in [3.05, 3.63) is 41.0 Å². The van der Waals surface area contributed by atoms with Crippen LogP contribution in [0.3, 0.4) is 0 Å². The van der Waals surface area contributed by atoms with Gasteiger partial charge in [-0.2, -0.15) is 5.10 Å². The largest absolute Gasteiger partial charge is 0.349 e. The van der Waals surface area contributed by atoms with Crippen LogP contribution in [-0.2, 0) is 19.6 Å². The van der Waals surface area contributed by atoms with Gasteiger partial charge in [-0.1, -0.05) is 20.8 Å². The van der Waals surface area contributed by atoms with E-state index >= 15 is 0 Å². The highest BCUT2D eigenvalue weighted by Gasteiger charge is 2.30. The molecule has 4 nitrogen and oxygen atoms in total. The van der Waals surface area contributed by atoms with Crippen molar-refractivity contribution in [2.45, 2.75) is 66.7 Å². The first-order valence-electron chi connectivity index (χ1n) is 8.94. The summed E-state index contributed by atoms with van der Waals surface area (Å²) in [6.45, 7) is 15.5. The van der Waals surface area contributed by atoms with E-state index in [1.807, 2.05) is 0 Å². The van der Waals surface area contributed by atoms with Gasteiger partial charge in [-0.05, 0) is 38.3 Å². The summed E-state index contributed by atoms with van der Waals surface area (Å²) in [7, 11) is 0. The Morgan fingerprint density at radius 2 is 2.04 bits per heavy atom. The first-order valence-corrected chi connectivity index (χ1v) is 8.94. The summed E-state index contributed by atoms with van der Waals surface area (Å²) in [5, 5.41) is 4.75. The summed E-state index contributed by atoms with van der Waals surface area (Å²) >= 11 is 0. The van der Waals surface area contributed by atoms with Crippen molar-refractivity contribution in [2.75, 3.05) is 6.54 Å². The molecule has 0 fully saturated rings. The molecule has 0 saturated carbocycles. The van der Waals surface area contributed by atoms with Gasteiger partial charge in [-0.25, -0.2) is 0 Å². The van der Waals surface area contributed by atoms with Gasteiger partial charge in [0.05, 0.1) is 11.7 Å². The molecule has 0 amide bonds. The summed E-state index contributed by atoms with van der Waals surface area (Å²) in [5.74, 6) is 0.607. The molecule has 0 saturated heterocycles. The van der Waals surface area contributed by atoms with E-state index in [2.05, 4.69) is 67.1 Å². The number of nitrogens with zero attached hydrogens (tertiary/aromatic N) is 4. The van der Waals surface area contributed by atoms with Crippen LogP contribution in [0, 0.1) is 19.8 Å². The Morgan fingerprint density at radius 1 is 1.26 bits per heavy atom. The molecule has 0 aromatic carbocycles. The van der Waals surface area contributed by atoms with E-state index in [1.54, 1.807) is 0 Å². The number of hydrogen-bond acceptors (Lipinski definition) is 2. The number of fused-ring (bicyclic) bond motifs is 1. The van der Waals surface area contributed by atoms with Gasteiger partial charge < -0.3 is 4.57 Å². The fourth-order valence-corrected chi connectivity index (χ4v) is 4.00. The van der Waals surface area contributed by atoms with Gasteiger partial charge in [0.15, 0.2) is 0 Å². The summed E-state index contributed by atoms with van der Waals surface area (Å²) in [4.78, 5) is 2.65. The van der Waals surface area contributed by atoms with Crippen LogP contribution >= 0.6 is 0 Å². The molecule has 2 aromatic heterocycles. The highest BCUT2D eigenvalue weighted by molar-refractivity contribution is 5.25. The number of rotatable bonds is 5. The third-order valence-corrected chi connectivity index (χ3v) is 5.15. The van der Waals surface area contributed by atoms with Gasteiger partial charge in [0, 0.05) is 49.3 Å². The Kier molecular flexibility index (Phi) is 4.62. The average Bonchev–Trinajstić information content (AvgIpc) is 3.07. The lowest BCUT2D eigenvalue weighted by atomic mass is 9.96. The molecule has 3 heterocycles. The molecule has 0 aliphatic carbocycles. The molecule has 1 aliphatic rings. The van der Waals surface area contributed by atoms with Crippen molar-refractivity contribution < 1.29 is 0 Å². The summed E-state index contributed by atoms with van der Waals surface area (Å²) in [5.41, 5.74) is 5.42. The molecule has 0 N–H and O–H groups in total. The van der Waals surface area contributed by atoms with E-state index in [4.69, 9.17) is 5.10 Å². The van der Waals surface area contributed by atoms with Crippen LogP contribution in [0.5, 0.6) is 0 Å². The number of hydrogen-bond donors (Lipinski definition) is 0. The summed E-state index contributed by atoms with van der Waals surface area (Å²) in [6, 6.07) is 4.97. The monoisotopic (exact) mass is 314 g/mol. The van der Waals surface area contributed by atoms with Gasteiger partial charge in [0.1, 0.15) is 0 Å². The Labute approximate surface area is 140 Å². The fraction of sp³-hybridized carbons (Fsp3) is 0.632. The lowest BCUT2D eigenvalue weighted by Gasteiger charge is -2.39. The van der Waals surface area contributed by atoms with E-state index in [0.717, 1.165) is 32.6 Å². The molecular formula is C19H30N4. The van der Waals surface area contributed by atoms with Crippen LogP contribution in [0.4, 0.5) is 0 Å². The third kappa shape index (κ3) is 2.97. The second kappa shape index (κ2) is 6.52. The summed E-state index contributed by atoms with van der Waals surface area (Å²) in [6.07, 6.45) is 3.35. The minimum atomic E-state index is 0.493. The smallest absolute Gasteiger partial charge is 0.0641 e. The van der Waals surface area contributed by atoms with Crippen molar-refractivity contribution in [1.82, 2.24) is 19.2 Å². The van der Waals surface area contributed by atoms with Crippen LogP contribution in [0.25, 0.3) is 0 Å². The van der Waals surface area contributed by atoms with Gasteiger partial charge in [0.25, 0.3) is 0 Å². The average molecular weight is 314 g/mol. The van der Waals surface area contributed by atoms with E-state index in [1.165, 1.54) is 22.6 Å². The quantitative estimate of drug-likeness (QED) is 0.836. The molecule has 3 rings (SSSR count). The minimum Gasteiger partial charge on any atom is -0.349 e. The maximum atomic E-state index is 4.75.